The smallest absolute Gasteiger partial charge is 0.214 e. The van der Waals surface area contributed by atoms with Gasteiger partial charge in [0.05, 0.1) is 0 Å². The van der Waals surface area contributed by atoms with Crippen molar-refractivity contribution in [1.29, 1.82) is 0 Å². The molecule has 3 heteroatoms. The van der Waals surface area contributed by atoms with Crippen LogP contribution in [0.25, 0.3) is 0 Å². The summed E-state index contributed by atoms with van der Waals surface area (Å²) in [6.07, 6.45) is 3.50. The molecule has 1 heterocycles. The largest absolute Gasteiger partial charge is 0.265 e. The number of nitrogens with zero attached hydrogens (tertiary/aromatic N) is 1. The molecular formula is C6H7NO2. The van der Waals surface area contributed by atoms with Crippen molar-refractivity contribution in [3.63, 3.8) is 0 Å². The lowest BCUT2D eigenvalue weighted by Crippen LogP contribution is -1.58. The van der Waals surface area contributed by atoms with Crippen LogP contribution in [-0.4, -0.2) is 11.8 Å². The van der Waals surface area contributed by atoms with Gasteiger partial charge in [-0.2, -0.15) is 0 Å². The Bertz CT molecular complexity index is 93.9. The van der Waals surface area contributed by atoms with E-state index in [9.17, 15) is 0 Å². The molecule has 0 atom stereocenters. The standard InChI is InChI=1S/C5H5N.CH2O2/c1-2-4-6-5-3-1;2-1-3/h1-5H;1H2. The molecule has 2 radical (unpaired) electrons. The van der Waals surface area contributed by atoms with Crippen molar-refractivity contribution in [2.75, 3.05) is 6.79 Å². The average molecular weight is 125 g/mol. The summed E-state index contributed by atoms with van der Waals surface area (Å²) < 4.78 is 0. The normalized spacial score (nSPS) is 7.33. The second kappa shape index (κ2) is 7.07. The van der Waals surface area contributed by atoms with Gasteiger partial charge in [-0.25, -0.2) is 10.2 Å². The highest BCUT2D eigenvalue weighted by molar-refractivity contribution is 4.88. The van der Waals surface area contributed by atoms with Crippen molar-refractivity contribution in [3.8, 4) is 0 Å². The molecule has 0 aliphatic rings. The zero-order valence-electron chi connectivity index (χ0n) is 4.86. The molecule has 0 saturated heterocycles. The van der Waals surface area contributed by atoms with E-state index in [-0.39, 0.29) is 0 Å². The molecule has 0 unspecified atom stereocenters. The Balaban J connectivity index is 0.000000187. The highest BCUT2D eigenvalue weighted by atomic mass is 16.5. The highest BCUT2D eigenvalue weighted by Crippen LogP contribution is 1.73. The monoisotopic (exact) mass is 125 g/mol. The molecule has 0 aromatic carbocycles. The molecule has 0 spiro atoms. The third-order valence-corrected chi connectivity index (χ3v) is 0.566. The van der Waals surface area contributed by atoms with Crippen LogP contribution in [-0.2, 0) is 10.2 Å². The Morgan fingerprint density at radius 3 is 1.56 bits per heavy atom. The molecule has 0 aliphatic carbocycles. The van der Waals surface area contributed by atoms with Gasteiger partial charge >= 0.3 is 0 Å². The molecule has 3 nitrogen and oxygen atoms in total. The summed E-state index contributed by atoms with van der Waals surface area (Å²) in [4.78, 5) is 3.78. The lowest BCUT2D eigenvalue weighted by atomic mass is 10.5. The van der Waals surface area contributed by atoms with Crippen LogP contribution in [0.1, 0.15) is 0 Å². The summed E-state index contributed by atoms with van der Waals surface area (Å²) in [5, 5.41) is 16.8. The van der Waals surface area contributed by atoms with Crippen LogP contribution in [0.3, 0.4) is 0 Å². The van der Waals surface area contributed by atoms with Gasteiger partial charge in [0.2, 0.25) is 6.79 Å². The van der Waals surface area contributed by atoms with Crippen molar-refractivity contribution in [3.05, 3.63) is 30.6 Å². The molecule has 48 valence electrons. The van der Waals surface area contributed by atoms with Crippen molar-refractivity contribution < 1.29 is 10.2 Å². The number of pyridine rings is 1. The van der Waals surface area contributed by atoms with Gasteiger partial charge in [-0.3, -0.25) is 4.98 Å². The third-order valence-electron chi connectivity index (χ3n) is 0.566. The molecule has 0 aliphatic heterocycles. The number of hydrogen-bond acceptors (Lipinski definition) is 1. The number of rotatable bonds is 0. The van der Waals surface area contributed by atoms with Crippen molar-refractivity contribution in [2.45, 2.75) is 0 Å². The van der Waals surface area contributed by atoms with Crippen LogP contribution in [0.5, 0.6) is 0 Å². The van der Waals surface area contributed by atoms with E-state index in [1.54, 1.807) is 12.4 Å². The minimum Gasteiger partial charge on any atom is -0.265 e. The van der Waals surface area contributed by atoms with Crippen molar-refractivity contribution >= 4 is 0 Å². The maximum atomic E-state index is 8.38. The zero-order valence-corrected chi connectivity index (χ0v) is 4.86. The van der Waals surface area contributed by atoms with Crippen LogP contribution in [0.4, 0.5) is 0 Å². The van der Waals surface area contributed by atoms with Gasteiger partial charge in [-0.15, -0.1) is 0 Å². The van der Waals surface area contributed by atoms with Crippen molar-refractivity contribution in [2.24, 2.45) is 0 Å². The van der Waals surface area contributed by atoms with E-state index < -0.39 is 6.79 Å². The van der Waals surface area contributed by atoms with E-state index in [0.29, 0.717) is 0 Å². The average Bonchev–Trinajstić information content (AvgIpc) is 1.93. The molecule has 9 heavy (non-hydrogen) atoms. The van der Waals surface area contributed by atoms with E-state index in [0.717, 1.165) is 0 Å². The zero-order chi connectivity index (χ0) is 6.95. The SMILES string of the molecule is [O]C[O].c1ccncc1. The van der Waals surface area contributed by atoms with Crippen molar-refractivity contribution in [1.82, 2.24) is 4.98 Å². The Morgan fingerprint density at radius 1 is 1.00 bits per heavy atom. The molecule has 0 fully saturated rings. The van der Waals surface area contributed by atoms with Crippen LogP contribution < -0.4 is 0 Å². The molecular weight excluding hydrogens is 118 g/mol. The lowest BCUT2D eigenvalue weighted by Gasteiger charge is -1.70. The van der Waals surface area contributed by atoms with E-state index in [1.165, 1.54) is 0 Å². The first-order valence-corrected chi connectivity index (χ1v) is 2.43. The number of aromatic nitrogens is 1. The molecule has 0 bridgehead atoms. The summed E-state index contributed by atoms with van der Waals surface area (Å²) in [5.74, 6) is 0. The second-order valence-electron chi connectivity index (χ2n) is 1.14. The van der Waals surface area contributed by atoms with Gasteiger partial charge in [0.15, 0.2) is 0 Å². The van der Waals surface area contributed by atoms with Crippen LogP contribution in [0, 0.1) is 0 Å². The fourth-order valence-electron chi connectivity index (χ4n) is 0.313. The Labute approximate surface area is 53.6 Å². The highest BCUT2D eigenvalue weighted by Gasteiger charge is 1.58. The van der Waals surface area contributed by atoms with Gasteiger partial charge in [0, 0.05) is 12.4 Å². The third kappa shape index (κ3) is 7.07. The van der Waals surface area contributed by atoms with Crippen LogP contribution in [0.2, 0.25) is 0 Å². The summed E-state index contributed by atoms with van der Waals surface area (Å²) in [6, 6.07) is 5.72. The van der Waals surface area contributed by atoms with E-state index in [4.69, 9.17) is 10.2 Å². The Morgan fingerprint density at radius 2 is 1.44 bits per heavy atom. The van der Waals surface area contributed by atoms with Gasteiger partial charge in [0.1, 0.15) is 0 Å². The first-order chi connectivity index (χ1) is 4.41. The topological polar surface area (TPSA) is 52.7 Å². The number of hydrogen-bond donors (Lipinski definition) is 0. The van der Waals surface area contributed by atoms with Gasteiger partial charge in [-0.1, -0.05) is 6.07 Å². The molecule has 1 aromatic rings. The minimum atomic E-state index is -1.25. The second-order valence-corrected chi connectivity index (χ2v) is 1.14. The summed E-state index contributed by atoms with van der Waals surface area (Å²) in [6.45, 7) is -1.25. The maximum Gasteiger partial charge on any atom is 0.214 e. The van der Waals surface area contributed by atoms with Gasteiger partial charge < -0.3 is 0 Å². The molecule has 0 saturated carbocycles. The Kier molecular flexibility index (Phi) is 6.34. The molecule has 0 amide bonds. The molecule has 1 rings (SSSR count). The fourth-order valence-corrected chi connectivity index (χ4v) is 0.313. The predicted molar refractivity (Wildman–Crippen MR) is 30.5 cm³/mol. The molecule has 0 N–H and O–H groups in total. The maximum absolute atomic E-state index is 8.38. The van der Waals surface area contributed by atoms with Crippen LogP contribution in [0.15, 0.2) is 30.6 Å². The Hall–Kier alpha value is -0.930. The first-order valence-electron chi connectivity index (χ1n) is 2.43. The lowest BCUT2D eigenvalue weighted by molar-refractivity contribution is -0.0309. The summed E-state index contributed by atoms with van der Waals surface area (Å²) in [5.41, 5.74) is 0. The predicted octanol–water partition coefficient (Wildman–Crippen LogP) is 0.886. The summed E-state index contributed by atoms with van der Waals surface area (Å²) in [7, 11) is 0. The fraction of sp³-hybridized carbons (Fsp3) is 0.167. The summed E-state index contributed by atoms with van der Waals surface area (Å²) >= 11 is 0. The minimum absolute atomic E-state index is 1.25. The van der Waals surface area contributed by atoms with E-state index in [2.05, 4.69) is 4.98 Å². The quantitative estimate of drug-likeness (QED) is 0.475. The van der Waals surface area contributed by atoms with Gasteiger partial charge in [0.25, 0.3) is 0 Å². The van der Waals surface area contributed by atoms with Gasteiger partial charge in [-0.05, 0) is 12.1 Å². The van der Waals surface area contributed by atoms with Crippen LogP contribution >= 0.6 is 0 Å². The van der Waals surface area contributed by atoms with E-state index >= 15 is 0 Å². The van der Waals surface area contributed by atoms with E-state index in [1.807, 2.05) is 18.2 Å². The molecule has 1 aromatic heterocycles. The first kappa shape index (κ1) is 8.07.